The summed E-state index contributed by atoms with van der Waals surface area (Å²) in [5.74, 6) is -3.18. The van der Waals surface area contributed by atoms with Gasteiger partial charge in [-0.1, -0.05) is 60.7 Å². The summed E-state index contributed by atoms with van der Waals surface area (Å²) >= 11 is 0. The Morgan fingerprint density at radius 3 is 2.05 bits per heavy atom. The van der Waals surface area contributed by atoms with Crippen molar-refractivity contribution in [2.75, 3.05) is 0 Å². The average Bonchev–Trinajstić information content (AvgIpc) is 2.55. The van der Waals surface area contributed by atoms with Gasteiger partial charge in [-0.15, -0.1) is 0 Å². The lowest BCUT2D eigenvalue weighted by molar-refractivity contribution is -0.143. The van der Waals surface area contributed by atoms with Crippen LogP contribution in [0, 0.1) is 5.92 Å². The third-order valence-electron chi connectivity index (χ3n) is 3.38. The van der Waals surface area contributed by atoms with Crippen molar-refractivity contribution in [2.24, 2.45) is 5.92 Å². The molecule has 0 aromatic heterocycles. The van der Waals surface area contributed by atoms with Crippen LogP contribution >= 0.6 is 0 Å². The molecule has 1 atom stereocenters. The van der Waals surface area contributed by atoms with Crippen molar-refractivity contribution in [2.45, 2.75) is 0 Å². The minimum Gasteiger partial charge on any atom is -0.425 e. The number of esters is 1. The van der Waals surface area contributed by atoms with Crippen molar-refractivity contribution in [3.05, 3.63) is 77.9 Å². The first-order chi connectivity index (χ1) is 10.7. The normalized spacial score (nSPS) is 17.6. The van der Waals surface area contributed by atoms with Gasteiger partial charge in [0.05, 0.1) is 0 Å². The second-order valence-corrected chi connectivity index (χ2v) is 4.86. The lowest BCUT2D eigenvalue weighted by atomic mass is 9.91. The van der Waals surface area contributed by atoms with Gasteiger partial charge in [-0.2, -0.15) is 0 Å². The zero-order valence-electron chi connectivity index (χ0n) is 11.6. The topological polar surface area (TPSA) is 60.4 Å². The van der Waals surface area contributed by atoms with Crippen molar-refractivity contribution >= 4 is 23.3 Å². The van der Waals surface area contributed by atoms with E-state index >= 15 is 0 Å². The van der Waals surface area contributed by atoms with Crippen LogP contribution in [0.5, 0.6) is 0 Å². The largest absolute Gasteiger partial charge is 0.425 e. The molecule has 0 saturated heterocycles. The maximum atomic E-state index is 12.3. The predicted molar refractivity (Wildman–Crippen MR) is 79.8 cm³/mol. The van der Waals surface area contributed by atoms with E-state index in [1.807, 2.05) is 6.07 Å². The Morgan fingerprint density at radius 2 is 1.45 bits per heavy atom. The number of hydrogen-bond donors (Lipinski definition) is 0. The molecule has 0 N–H and O–H groups in total. The predicted octanol–water partition coefficient (Wildman–Crippen LogP) is 2.65. The minimum atomic E-state index is -1.42. The van der Waals surface area contributed by atoms with Crippen LogP contribution in [0.4, 0.5) is 0 Å². The van der Waals surface area contributed by atoms with Crippen molar-refractivity contribution in [1.29, 1.82) is 0 Å². The highest BCUT2D eigenvalue weighted by atomic mass is 16.5. The van der Waals surface area contributed by atoms with Gasteiger partial charge in [-0.3, -0.25) is 14.4 Å². The summed E-state index contributed by atoms with van der Waals surface area (Å²) in [4.78, 5) is 36.6. The summed E-state index contributed by atoms with van der Waals surface area (Å²) in [7, 11) is 0. The van der Waals surface area contributed by atoms with Crippen LogP contribution in [-0.2, 0) is 14.3 Å². The van der Waals surface area contributed by atoms with Crippen LogP contribution in [0.25, 0.3) is 5.76 Å². The molecule has 0 saturated carbocycles. The van der Waals surface area contributed by atoms with E-state index in [4.69, 9.17) is 4.74 Å². The molecule has 0 amide bonds. The third-order valence-corrected chi connectivity index (χ3v) is 3.38. The molecule has 1 heterocycles. The second kappa shape index (κ2) is 5.77. The first-order valence-electron chi connectivity index (χ1n) is 6.79. The molecule has 3 rings (SSSR count). The molecule has 4 nitrogen and oxygen atoms in total. The number of cyclic esters (lactones) is 1. The molecule has 0 unspecified atom stereocenters. The highest BCUT2D eigenvalue weighted by Crippen LogP contribution is 2.25. The van der Waals surface area contributed by atoms with Gasteiger partial charge in [0, 0.05) is 17.2 Å². The first kappa shape index (κ1) is 13.9. The van der Waals surface area contributed by atoms with E-state index in [1.54, 1.807) is 54.6 Å². The molecule has 2 aromatic rings. The summed E-state index contributed by atoms with van der Waals surface area (Å²) < 4.78 is 5.18. The number of carbonyl (C=O) groups excluding carboxylic acids is 3. The molecule has 0 fully saturated rings. The summed E-state index contributed by atoms with van der Waals surface area (Å²) in [5, 5.41) is 0. The number of Topliss-reactive ketones (excluding diaryl/α,β-unsaturated/α-hetero) is 1. The molecule has 108 valence electrons. The number of rotatable bonds is 3. The molecule has 0 bridgehead atoms. The van der Waals surface area contributed by atoms with E-state index < -0.39 is 23.5 Å². The molecular weight excluding hydrogens is 280 g/mol. The summed E-state index contributed by atoms with van der Waals surface area (Å²) in [5.41, 5.74) is 0.934. The number of carbonyl (C=O) groups is 3. The van der Waals surface area contributed by atoms with Crippen molar-refractivity contribution in [3.8, 4) is 0 Å². The van der Waals surface area contributed by atoms with Crippen LogP contribution in [0.3, 0.4) is 0 Å². The third kappa shape index (κ3) is 2.59. The van der Waals surface area contributed by atoms with Crippen molar-refractivity contribution in [3.63, 3.8) is 0 Å². The number of ether oxygens (including phenoxy) is 1. The lowest BCUT2D eigenvalue weighted by Crippen LogP contribution is -2.35. The average molecular weight is 292 g/mol. The Labute approximate surface area is 127 Å². The fraction of sp³-hybridized carbons (Fsp3) is 0.0556. The number of hydrogen-bond acceptors (Lipinski definition) is 4. The maximum Gasteiger partial charge on any atom is 0.330 e. The van der Waals surface area contributed by atoms with Crippen LogP contribution < -0.4 is 0 Å². The van der Waals surface area contributed by atoms with Gasteiger partial charge in [-0.25, -0.2) is 0 Å². The SMILES string of the molecule is O=C1C=C(c2ccccc2)OC(=O)[C@H]1C(=O)c1ccccc1. The highest BCUT2D eigenvalue weighted by molar-refractivity contribution is 6.28. The molecule has 0 radical (unpaired) electrons. The van der Waals surface area contributed by atoms with Gasteiger partial charge in [0.25, 0.3) is 0 Å². The Balaban J connectivity index is 1.91. The molecule has 1 aliphatic heterocycles. The van der Waals surface area contributed by atoms with Gasteiger partial charge >= 0.3 is 5.97 Å². The van der Waals surface area contributed by atoms with E-state index in [0.29, 0.717) is 11.1 Å². The quantitative estimate of drug-likeness (QED) is 0.496. The van der Waals surface area contributed by atoms with E-state index in [1.165, 1.54) is 6.08 Å². The van der Waals surface area contributed by atoms with Gasteiger partial charge in [0.1, 0.15) is 5.76 Å². The zero-order chi connectivity index (χ0) is 15.5. The molecule has 2 aromatic carbocycles. The van der Waals surface area contributed by atoms with Crippen molar-refractivity contribution in [1.82, 2.24) is 0 Å². The smallest absolute Gasteiger partial charge is 0.330 e. The second-order valence-electron chi connectivity index (χ2n) is 4.86. The Kier molecular flexibility index (Phi) is 3.66. The summed E-state index contributed by atoms with van der Waals surface area (Å²) in [6.07, 6.45) is 1.21. The van der Waals surface area contributed by atoms with Gasteiger partial charge in [-0.05, 0) is 0 Å². The van der Waals surface area contributed by atoms with Crippen LogP contribution in [0.1, 0.15) is 15.9 Å². The lowest BCUT2D eigenvalue weighted by Gasteiger charge is -2.19. The van der Waals surface area contributed by atoms with E-state index in [0.717, 1.165) is 0 Å². The monoisotopic (exact) mass is 292 g/mol. The maximum absolute atomic E-state index is 12.3. The van der Waals surface area contributed by atoms with E-state index in [2.05, 4.69) is 0 Å². The van der Waals surface area contributed by atoms with E-state index in [9.17, 15) is 14.4 Å². The molecular formula is C18H12O4. The molecule has 4 heteroatoms. The molecule has 22 heavy (non-hydrogen) atoms. The van der Waals surface area contributed by atoms with Gasteiger partial charge in [0.15, 0.2) is 17.5 Å². The van der Waals surface area contributed by atoms with Crippen LogP contribution in [-0.4, -0.2) is 17.5 Å². The van der Waals surface area contributed by atoms with Crippen molar-refractivity contribution < 1.29 is 19.1 Å². The zero-order valence-corrected chi connectivity index (χ0v) is 11.6. The fourth-order valence-electron chi connectivity index (χ4n) is 2.28. The standard InChI is InChI=1S/C18H12O4/c19-14-11-15(12-7-3-1-4-8-12)22-18(21)16(14)17(20)13-9-5-2-6-10-13/h1-11,16H/t16-/m1/s1. The number of benzene rings is 2. The summed E-state index contributed by atoms with van der Waals surface area (Å²) in [6, 6.07) is 17.1. The van der Waals surface area contributed by atoms with Crippen LogP contribution in [0.2, 0.25) is 0 Å². The number of ketones is 2. The molecule has 0 spiro atoms. The fourth-order valence-corrected chi connectivity index (χ4v) is 2.28. The minimum absolute atomic E-state index is 0.174. The Morgan fingerprint density at radius 1 is 0.864 bits per heavy atom. The molecule has 0 aliphatic carbocycles. The van der Waals surface area contributed by atoms with Crippen LogP contribution in [0.15, 0.2) is 66.7 Å². The Hall–Kier alpha value is -3.01. The van der Waals surface area contributed by atoms with Gasteiger partial charge < -0.3 is 4.74 Å². The molecule has 1 aliphatic rings. The van der Waals surface area contributed by atoms with Gasteiger partial charge in [0.2, 0.25) is 0 Å². The Bertz CT molecular complexity index is 760. The first-order valence-corrected chi connectivity index (χ1v) is 6.79. The highest BCUT2D eigenvalue weighted by Gasteiger charge is 2.39. The van der Waals surface area contributed by atoms with E-state index in [-0.39, 0.29) is 5.76 Å². The number of allylic oxidation sites excluding steroid dienone is 1. The summed E-state index contributed by atoms with van der Waals surface area (Å²) in [6.45, 7) is 0.